The molecule has 0 aliphatic carbocycles. The van der Waals surface area contributed by atoms with Crippen LogP contribution in [0.25, 0.3) is 11.8 Å². The predicted molar refractivity (Wildman–Crippen MR) is 114 cm³/mol. The number of barbiturate groups is 1. The number of nitrogens with zero attached hydrogens (tertiary/aromatic N) is 2. The Hall–Kier alpha value is -3.45. The van der Waals surface area contributed by atoms with Crippen molar-refractivity contribution in [3.8, 4) is 5.69 Å². The molecule has 144 valence electrons. The molecule has 0 saturated carbocycles. The van der Waals surface area contributed by atoms with Gasteiger partial charge in [0.15, 0.2) is 0 Å². The van der Waals surface area contributed by atoms with E-state index in [-0.39, 0.29) is 5.57 Å². The maximum Gasteiger partial charge on any atom is 0.335 e. The van der Waals surface area contributed by atoms with Crippen molar-refractivity contribution in [3.63, 3.8) is 0 Å². The van der Waals surface area contributed by atoms with Gasteiger partial charge in [-0.25, -0.2) is 9.69 Å². The number of imide groups is 2. The Bertz CT molecular complexity index is 1160. The summed E-state index contributed by atoms with van der Waals surface area (Å²) in [5.41, 5.74) is 2.61. The van der Waals surface area contributed by atoms with E-state index in [0.29, 0.717) is 11.4 Å². The molecule has 0 atom stereocenters. The van der Waals surface area contributed by atoms with E-state index in [9.17, 15) is 14.4 Å². The van der Waals surface area contributed by atoms with E-state index < -0.39 is 17.8 Å². The van der Waals surface area contributed by atoms with E-state index in [1.807, 2.05) is 47.2 Å². The fraction of sp³-hybridized carbons (Fsp3) is 0.0455. The SMILES string of the molecule is Cc1ccccc1N1C(=O)NC(=O)/C(=C\c2cccn2-c2ccc(Br)cc2)C1=O. The summed E-state index contributed by atoms with van der Waals surface area (Å²) in [7, 11) is 0. The summed E-state index contributed by atoms with van der Waals surface area (Å²) in [5.74, 6) is -1.37. The van der Waals surface area contributed by atoms with E-state index >= 15 is 0 Å². The highest BCUT2D eigenvalue weighted by molar-refractivity contribution is 9.10. The molecule has 0 unspecified atom stereocenters. The number of rotatable bonds is 3. The van der Waals surface area contributed by atoms with Gasteiger partial charge < -0.3 is 4.57 Å². The van der Waals surface area contributed by atoms with Crippen molar-refractivity contribution in [2.75, 3.05) is 4.90 Å². The van der Waals surface area contributed by atoms with Crippen LogP contribution >= 0.6 is 15.9 Å². The van der Waals surface area contributed by atoms with Crippen molar-refractivity contribution in [1.29, 1.82) is 0 Å². The van der Waals surface area contributed by atoms with Gasteiger partial charge in [0.05, 0.1) is 5.69 Å². The van der Waals surface area contributed by atoms with Gasteiger partial charge in [-0.3, -0.25) is 14.9 Å². The van der Waals surface area contributed by atoms with Gasteiger partial charge in [0, 0.05) is 22.1 Å². The smallest absolute Gasteiger partial charge is 0.317 e. The minimum absolute atomic E-state index is 0.107. The van der Waals surface area contributed by atoms with E-state index in [0.717, 1.165) is 20.6 Å². The maximum atomic E-state index is 13.1. The number of hydrogen-bond donors (Lipinski definition) is 1. The van der Waals surface area contributed by atoms with Crippen molar-refractivity contribution in [3.05, 3.63) is 88.2 Å². The Balaban J connectivity index is 1.76. The zero-order valence-electron chi connectivity index (χ0n) is 15.4. The predicted octanol–water partition coefficient (Wildman–Crippen LogP) is 4.21. The summed E-state index contributed by atoms with van der Waals surface area (Å²) in [4.78, 5) is 38.9. The summed E-state index contributed by atoms with van der Waals surface area (Å²) in [6.45, 7) is 1.80. The van der Waals surface area contributed by atoms with Gasteiger partial charge in [0.1, 0.15) is 5.57 Å². The first-order valence-electron chi connectivity index (χ1n) is 8.86. The minimum atomic E-state index is -0.755. The molecule has 1 aliphatic rings. The number of urea groups is 1. The summed E-state index contributed by atoms with van der Waals surface area (Å²) < 4.78 is 2.80. The van der Waals surface area contributed by atoms with E-state index in [1.165, 1.54) is 6.08 Å². The lowest BCUT2D eigenvalue weighted by molar-refractivity contribution is -0.122. The highest BCUT2D eigenvalue weighted by atomic mass is 79.9. The number of para-hydroxylation sites is 1. The number of carbonyl (C=O) groups is 3. The Kier molecular flexibility index (Phi) is 4.90. The number of halogens is 1. The average Bonchev–Trinajstić information content (AvgIpc) is 3.15. The number of aromatic nitrogens is 1. The van der Waals surface area contributed by atoms with E-state index in [2.05, 4.69) is 21.2 Å². The average molecular weight is 450 g/mol. The van der Waals surface area contributed by atoms with Crippen LogP contribution in [0.2, 0.25) is 0 Å². The Morgan fingerprint density at radius 2 is 1.66 bits per heavy atom. The zero-order chi connectivity index (χ0) is 20.5. The molecular weight excluding hydrogens is 434 g/mol. The Morgan fingerprint density at radius 1 is 0.931 bits per heavy atom. The molecule has 0 bridgehead atoms. The number of hydrogen-bond acceptors (Lipinski definition) is 3. The van der Waals surface area contributed by atoms with Gasteiger partial charge in [-0.2, -0.15) is 0 Å². The zero-order valence-corrected chi connectivity index (χ0v) is 17.0. The molecule has 1 fully saturated rings. The van der Waals surface area contributed by atoms with E-state index in [4.69, 9.17) is 0 Å². The van der Waals surface area contributed by atoms with Crippen molar-refractivity contribution in [1.82, 2.24) is 9.88 Å². The quantitative estimate of drug-likeness (QED) is 0.480. The molecule has 6 nitrogen and oxygen atoms in total. The van der Waals surface area contributed by atoms with Crippen LogP contribution in [0.1, 0.15) is 11.3 Å². The number of benzene rings is 2. The lowest BCUT2D eigenvalue weighted by Crippen LogP contribution is -2.54. The molecule has 1 aromatic heterocycles. The van der Waals surface area contributed by atoms with Crippen LogP contribution in [0.3, 0.4) is 0 Å². The number of nitrogens with one attached hydrogen (secondary N) is 1. The summed E-state index contributed by atoms with van der Waals surface area (Å²) >= 11 is 3.41. The first-order valence-corrected chi connectivity index (χ1v) is 9.65. The van der Waals surface area contributed by atoms with Gasteiger partial charge in [0.25, 0.3) is 11.8 Å². The first kappa shape index (κ1) is 18.9. The van der Waals surface area contributed by atoms with Gasteiger partial charge in [-0.15, -0.1) is 0 Å². The van der Waals surface area contributed by atoms with Gasteiger partial charge in [0.2, 0.25) is 0 Å². The third-order valence-corrected chi connectivity index (χ3v) is 5.16. The molecule has 1 aliphatic heterocycles. The van der Waals surface area contributed by atoms with Gasteiger partial charge in [-0.1, -0.05) is 34.1 Å². The van der Waals surface area contributed by atoms with Gasteiger partial charge in [-0.05, 0) is 61.0 Å². The monoisotopic (exact) mass is 449 g/mol. The van der Waals surface area contributed by atoms with Crippen molar-refractivity contribution in [2.45, 2.75) is 6.92 Å². The fourth-order valence-electron chi connectivity index (χ4n) is 3.19. The number of anilines is 1. The third kappa shape index (κ3) is 3.52. The fourth-order valence-corrected chi connectivity index (χ4v) is 3.45. The Morgan fingerprint density at radius 3 is 2.38 bits per heavy atom. The van der Waals surface area contributed by atoms with Crippen molar-refractivity contribution < 1.29 is 14.4 Å². The standard InChI is InChI=1S/C22H16BrN3O3/c1-14-5-2-3-7-19(14)26-21(28)18(20(27)24-22(26)29)13-17-6-4-12-25(17)16-10-8-15(23)9-11-16/h2-13H,1H3,(H,24,27,29)/b18-13+. The lowest BCUT2D eigenvalue weighted by atomic mass is 10.1. The van der Waals surface area contributed by atoms with E-state index in [1.54, 1.807) is 31.2 Å². The molecule has 1 saturated heterocycles. The summed E-state index contributed by atoms with van der Waals surface area (Å²) in [6, 6.07) is 17.5. The molecular formula is C22H16BrN3O3. The second kappa shape index (κ2) is 7.52. The normalized spacial score (nSPS) is 15.7. The van der Waals surface area contributed by atoms with Crippen LogP contribution in [-0.4, -0.2) is 22.4 Å². The molecule has 2 aromatic carbocycles. The van der Waals surface area contributed by atoms with Crippen LogP contribution in [0, 0.1) is 6.92 Å². The first-order chi connectivity index (χ1) is 14.0. The van der Waals surface area contributed by atoms with Crippen LogP contribution in [0.4, 0.5) is 10.5 Å². The van der Waals surface area contributed by atoms with Crippen LogP contribution < -0.4 is 10.2 Å². The third-order valence-electron chi connectivity index (χ3n) is 4.64. The molecule has 2 heterocycles. The minimum Gasteiger partial charge on any atom is -0.317 e. The second-order valence-corrected chi connectivity index (χ2v) is 7.44. The van der Waals surface area contributed by atoms with Crippen LogP contribution in [-0.2, 0) is 9.59 Å². The highest BCUT2D eigenvalue weighted by Gasteiger charge is 2.37. The summed E-state index contributed by atoms with van der Waals surface area (Å²) in [6.07, 6.45) is 3.34. The van der Waals surface area contributed by atoms with Gasteiger partial charge >= 0.3 is 6.03 Å². The maximum absolute atomic E-state index is 13.1. The Labute approximate surface area is 175 Å². The largest absolute Gasteiger partial charge is 0.335 e. The number of carbonyl (C=O) groups excluding carboxylic acids is 3. The van der Waals surface area contributed by atoms with Crippen LogP contribution in [0.5, 0.6) is 0 Å². The number of aryl methyl sites for hydroxylation is 1. The molecule has 0 radical (unpaired) electrons. The molecule has 7 heteroatoms. The number of amides is 4. The molecule has 4 rings (SSSR count). The highest BCUT2D eigenvalue weighted by Crippen LogP contribution is 2.25. The topological polar surface area (TPSA) is 71.4 Å². The molecule has 29 heavy (non-hydrogen) atoms. The van der Waals surface area contributed by atoms with Crippen LogP contribution in [0.15, 0.2) is 76.9 Å². The molecule has 1 N–H and O–H groups in total. The molecule has 0 spiro atoms. The van der Waals surface area contributed by atoms with Crippen molar-refractivity contribution in [2.24, 2.45) is 0 Å². The second-order valence-electron chi connectivity index (χ2n) is 6.52. The van der Waals surface area contributed by atoms with Crippen molar-refractivity contribution >= 4 is 45.5 Å². The lowest BCUT2D eigenvalue weighted by Gasteiger charge is -2.27. The summed E-state index contributed by atoms with van der Waals surface area (Å²) in [5, 5.41) is 2.26. The molecule has 3 aromatic rings. The molecule has 4 amide bonds.